The topological polar surface area (TPSA) is 108 Å². The van der Waals surface area contributed by atoms with Crippen LogP contribution in [0.5, 0.6) is 0 Å². The summed E-state index contributed by atoms with van der Waals surface area (Å²) in [5, 5.41) is 10.3. The fourth-order valence-electron chi connectivity index (χ4n) is 4.30. The van der Waals surface area contributed by atoms with Crippen LogP contribution >= 0.6 is 0 Å². The monoisotopic (exact) mass is 577 g/mol. The smallest absolute Gasteiger partial charge is 0.0701 e. The molecule has 0 aliphatic carbocycles. The van der Waals surface area contributed by atoms with Gasteiger partial charge in [-0.3, -0.25) is 0 Å². The number of nitrogens with two attached hydrogens (primary N) is 1. The molecule has 0 bridgehead atoms. The van der Waals surface area contributed by atoms with Crippen molar-refractivity contribution in [2.45, 2.75) is 89.9 Å². The van der Waals surface area contributed by atoms with E-state index in [1.54, 1.807) is 7.11 Å². The molecule has 0 amide bonds. The first kappa shape index (κ1) is 39.6. The van der Waals surface area contributed by atoms with Crippen molar-refractivity contribution >= 4 is 0 Å². The molecular weight excluding hydrogens is 508 g/mol. The summed E-state index contributed by atoms with van der Waals surface area (Å²) in [5.74, 6) is 0. The Bertz CT molecular complexity index is 401. The highest BCUT2D eigenvalue weighted by molar-refractivity contribution is 4.54. The first-order valence-corrected chi connectivity index (χ1v) is 16.5. The second-order valence-electron chi connectivity index (χ2n) is 10.4. The Morgan fingerprint density at radius 3 is 1.10 bits per heavy atom. The van der Waals surface area contributed by atoms with Crippen LogP contribution < -0.4 is 21.7 Å². The average Bonchev–Trinajstić information content (AvgIpc) is 2.97. The molecule has 0 aliphatic heterocycles. The maximum Gasteiger partial charge on any atom is 0.0701 e. The van der Waals surface area contributed by atoms with Gasteiger partial charge in [-0.15, -0.1) is 0 Å². The van der Waals surface area contributed by atoms with Crippen LogP contribution in [0.3, 0.4) is 0 Å². The second kappa shape index (κ2) is 38.6. The summed E-state index contributed by atoms with van der Waals surface area (Å²) in [6.45, 7) is 12.6. The number of hydrogen-bond acceptors (Lipinski definition) is 9. The average molecular weight is 577 g/mol. The van der Waals surface area contributed by atoms with E-state index in [4.69, 9.17) is 29.4 Å². The lowest BCUT2D eigenvalue weighted by molar-refractivity contribution is 0.0447. The molecule has 0 spiro atoms. The molecule has 242 valence electrons. The predicted molar refractivity (Wildman–Crippen MR) is 167 cm³/mol. The van der Waals surface area contributed by atoms with Crippen LogP contribution in [0.4, 0.5) is 0 Å². The molecule has 0 aliphatic rings. The molecule has 0 unspecified atom stereocenters. The van der Waals surface area contributed by atoms with E-state index < -0.39 is 0 Å². The summed E-state index contributed by atoms with van der Waals surface area (Å²) >= 11 is 0. The van der Waals surface area contributed by atoms with E-state index in [9.17, 15) is 0 Å². The Kier molecular flexibility index (Phi) is 38.3. The normalized spacial score (nSPS) is 11.6. The quantitative estimate of drug-likeness (QED) is 0.0819. The fraction of sp³-hybridized carbons (Fsp3) is 1.00. The summed E-state index contributed by atoms with van der Waals surface area (Å²) in [4.78, 5) is 0. The highest BCUT2D eigenvalue weighted by Gasteiger charge is 1.96. The molecule has 0 aromatic heterocycles. The van der Waals surface area contributed by atoms with E-state index in [0.717, 1.165) is 45.9 Å². The van der Waals surface area contributed by atoms with Crippen LogP contribution in [0.1, 0.15) is 89.9 Å². The number of unbranched alkanes of at least 4 members (excludes halogenated alkanes) is 12. The molecule has 0 aromatic carbocycles. The molecule has 40 heavy (non-hydrogen) atoms. The molecule has 0 saturated carbocycles. The van der Waals surface area contributed by atoms with Crippen LogP contribution in [0.25, 0.3) is 0 Å². The van der Waals surface area contributed by atoms with E-state index in [1.807, 2.05) is 0 Å². The van der Waals surface area contributed by atoms with Crippen LogP contribution in [0, 0.1) is 0 Å². The molecule has 0 atom stereocenters. The molecule has 0 fully saturated rings. The van der Waals surface area contributed by atoms with Gasteiger partial charge in [0.1, 0.15) is 0 Å². The van der Waals surface area contributed by atoms with Crippen molar-refractivity contribution in [3.05, 3.63) is 0 Å². The van der Waals surface area contributed by atoms with Crippen molar-refractivity contribution in [2.24, 2.45) is 5.73 Å². The summed E-state index contributed by atoms with van der Waals surface area (Å²) in [5.41, 5.74) is 5.35. The molecule has 0 saturated heterocycles. The Labute approximate surface area is 247 Å². The van der Waals surface area contributed by atoms with Gasteiger partial charge in [0.05, 0.1) is 52.9 Å². The number of hydrogen-bond donors (Lipinski definition) is 4. The fourth-order valence-corrected chi connectivity index (χ4v) is 4.30. The van der Waals surface area contributed by atoms with E-state index in [2.05, 4.69) is 16.0 Å². The van der Waals surface area contributed by atoms with Crippen molar-refractivity contribution in [3.63, 3.8) is 0 Å². The van der Waals surface area contributed by atoms with Gasteiger partial charge in [0, 0.05) is 39.9 Å². The van der Waals surface area contributed by atoms with Crippen molar-refractivity contribution in [1.82, 2.24) is 16.0 Å². The number of ether oxygens (including phenoxy) is 5. The van der Waals surface area contributed by atoms with Crippen molar-refractivity contribution in [1.29, 1.82) is 0 Å². The molecule has 9 nitrogen and oxygen atoms in total. The van der Waals surface area contributed by atoms with E-state index >= 15 is 0 Å². The minimum Gasteiger partial charge on any atom is -0.385 e. The van der Waals surface area contributed by atoms with Gasteiger partial charge < -0.3 is 45.4 Å². The minimum absolute atomic E-state index is 0.555. The molecule has 9 heteroatoms. The van der Waals surface area contributed by atoms with Gasteiger partial charge in [-0.25, -0.2) is 0 Å². The standard InChI is InChI=1S/C31H68N4O5/c1-36-23-15-11-9-7-5-3-2-4-6-8-10-12-17-33-18-13-14-19-34-20-25-38-30-31-40-27-22-35-21-26-39-29-28-37-24-16-32/h33-35H,2-32H2,1H3. The van der Waals surface area contributed by atoms with E-state index in [-0.39, 0.29) is 0 Å². The van der Waals surface area contributed by atoms with Gasteiger partial charge in [0.2, 0.25) is 0 Å². The third kappa shape index (κ3) is 37.6. The summed E-state index contributed by atoms with van der Waals surface area (Å²) in [7, 11) is 1.79. The molecule has 0 heterocycles. The Balaban J connectivity index is 3.01. The van der Waals surface area contributed by atoms with Gasteiger partial charge in [0.25, 0.3) is 0 Å². The minimum atomic E-state index is 0.555. The SMILES string of the molecule is COCCCCCCCCCCCCCCNCCCCNCCOCCOCCNCCOCCOCCN. The van der Waals surface area contributed by atoms with Gasteiger partial charge >= 0.3 is 0 Å². The highest BCUT2D eigenvalue weighted by atomic mass is 16.5. The van der Waals surface area contributed by atoms with Crippen molar-refractivity contribution in [2.75, 3.05) is 112 Å². The zero-order valence-corrected chi connectivity index (χ0v) is 26.3. The van der Waals surface area contributed by atoms with E-state index in [0.29, 0.717) is 52.8 Å². The van der Waals surface area contributed by atoms with Gasteiger partial charge in [0.15, 0.2) is 0 Å². The van der Waals surface area contributed by atoms with Crippen LogP contribution in [-0.2, 0) is 23.7 Å². The molecular formula is C31H68N4O5. The number of rotatable bonds is 37. The van der Waals surface area contributed by atoms with Crippen molar-refractivity contribution < 1.29 is 23.7 Å². The Morgan fingerprint density at radius 1 is 0.350 bits per heavy atom. The van der Waals surface area contributed by atoms with Gasteiger partial charge in [-0.05, 0) is 45.3 Å². The lowest BCUT2D eigenvalue weighted by atomic mass is 10.1. The largest absolute Gasteiger partial charge is 0.385 e. The third-order valence-electron chi connectivity index (χ3n) is 6.68. The van der Waals surface area contributed by atoms with Crippen LogP contribution in [0.15, 0.2) is 0 Å². The Morgan fingerprint density at radius 2 is 0.675 bits per heavy atom. The predicted octanol–water partition coefficient (Wildman–Crippen LogP) is 3.89. The van der Waals surface area contributed by atoms with Crippen LogP contribution in [0.2, 0.25) is 0 Å². The number of methoxy groups -OCH3 is 1. The molecule has 0 rings (SSSR count). The lowest BCUT2D eigenvalue weighted by Crippen LogP contribution is -2.25. The second-order valence-corrected chi connectivity index (χ2v) is 10.4. The molecule has 0 radical (unpaired) electrons. The maximum atomic E-state index is 5.61. The third-order valence-corrected chi connectivity index (χ3v) is 6.68. The zero-order valence-electron chi connectivity index (χ0n) is 26.3. The highest BCUT2D eigenvalue weighted by Crippen LogP contribution is 2.11. The van der Waals surface area contributed by atoms with Crippen molar-refractivity contribution in [3.8, 4) is 0 Å². The zero-order chi connectivity index (χ0) is 28.9. The van der Waals surface area contributed by atoms with E-state index in [1.165, 1.54) is 96.4 Å². The molecule has 5 N–H and O–H groups in total. The Hall–Kier alpha value is -0.360. The summed E-state index contributed by atoms with van der Waals surface area (Å²) in [6.07, 6.45) is 19.0. The first-order valence-electron chi connectivity index (χ1n) is 16.5. The summed E-state index contributed by atoms with van der Waals surface area (Å²) in [6, 6.07) is 0. The molecule has 0 aromatic rings. The van der Waals surface area contributed by atoms with Crippen LogP contribution in [-0.4, -0.2) is 112 Å². The number of nitrogens with one attached hydrogen (secondary N) is 3. The summed E-state index contributed by atoms with van der Waals surface area (Å²) < 4.78 is 27.0. The van der Waals surface area contributed by atoms with Gasteiger partial charge in [-0.2, -0.15) is 0 Å². The maximum absolute atomic E-state index is 5.61. The lowest BCUT2D eigenvalue weighted by Gasteiger charge is -2.09. The first-order chi connectivity index (χ1) is 19.9. The van der Waals surface area contributed by atoms with Gasteiger partial charge in [-0.1, -0.05) is 64.2 Å².